The van der Waals surface area contributed by atoms with Crippen LogP contribution < -0.4 is 19.5 Å². The Morgan fingerprint density at radius 1 is 1.06 bits per heavy atom. The van der Waals surface area contributed by atoms with Crippen molar-refractivity contribution in [3.05, 3.63) is 53.9 Å². The van der Waals surface area contributed by atoms with E-state index < -0.39 is 0 Å². The minimum atomic E-state index is -0.138. The highest BCUT2D eigenvalue weighted by atomic mass is 32.1. The summed E-state index contributed by atoms with van der Waals surface area (Å²) in [4.78, 5) is 31.7. The van der Waals surface area contributed by atoms with Crippen molar-refractivity contribution >= 4 is 28.3 Å². The van der Waals surface area contributed by atoms with E-state index >= 15 is 0 Å². The third kappa shape index (κ3) is 5.74. The van der Waals surface area contributed by atoms with Gasteiger partial charge in [0.2, 0.25) is 11.8 Å². The fourth-order valence-corrected chi connectivity index (χ4v) is 4.92. The minimum Gasteiger partial charge on any atom is -0.493 e. The number of likely N-dealkylation sites (tertiary alicyclic amines) is 1. The van der Waals surface area contributed by atoms with Gasteiger partial charge in [-0.15, -0.1) is 11.3 Å². The van der Waals surface area contributed by atoms with Crippen molar-refractivity contribution < 1.29 is 23.8 Å². The molecule has 0 aliphatic carbocycles. The number of nitrogens with zero attached hydrogens (tertiary/aromatic N) is 2. The van der Waals surface area contributed by atoms with Gasteiger partial charge in [-0.3, -0.25) is 9.59 Å². The van der Waals surface area contributed by atoms with Gasteiger partial charge in [-0.1, -0.05) is 18.2 Å². The smallest absolute Gasteiger partial charge is 0.229 e. The summed E-state index contributed by atoms with van der Waals surface area (Å²) in [5.41, 5.74) is 1.69. The zero-order chi connectivity index (χ0) is 24.0. The number of piperidine rings is 1. The molecule has 8 nitrogen and oxygen atoms in total. The number of benzene rings is 2. The van der Waals surface area contributed by atoms with Gasteiger partial charge in [-0.25, -0.2) is 4.98 Å². The number of carbonyl (C=O) groups excluding carboxylic acids is 2. The van der Waals surface area contributed by atoms with Crippen LogP contribution in [0.2, 0.25) is 0 Å². The number of nitrogens with one attached hydrogen (secondary N) is 1. The molecule has 2 aliphatic rings. The van der Waals surface area contributed by atoms with Crippen LogP contribution in [0.15, 0.2) is 53.9 Å². The van der Waals surface area contributed by atoms with E-state index in [1.165, 1.54) is 11.3 Å². The van der Waals surface area contributed by atoms with Gasteiger partial charge < -0.3 is 24.4 Å². The molecule has 1 fully saturated rings. The largest absolute Gasteiger partial charge is 0.493 e. The summed E-state index contributed by atoms with van der Waals surface area (Å²) in [5.74, 6) is 2.07. The normalized spacial score (nSPS) is 15.5. The van der Waals surface area contributed by atoms with Crippen LogP contribution in [0.25, 0.3) is 11.3 Å². The monoisotopic (exact) mass is 493 g/mol. The van der Waals surface area contributed by atoms with Gasteiger partial charge in [0, 0.05) is 30.0 Å². The molecule has 0 unspecified atom stereocenters. The molecule has 1 saturated heterocycles. The first kappa shape index (κ1) is 23.2. The quantitative estimate of drug-likeness (QED) is 0.530. The van der Waals surface area contributed by atoms with Gasteiger partial charge in [0.05, 0.1) is 18.7 Å². The number of aromatic nitrogens is 1. The summed E-state index contributed by atoms with van der Waals surface area (Å²) >= 11 is 1.39. The van der Waals surface area contributed by atoms with Gasteiger partial charge in [0.25, 0.3) is 0 Å². The molecule has 1 aromatic heterocycles. The highest BCUT2D eigenvalue weighted by Crippen LogP contribution is 2.35. The molecule has 0 spiro atoms. The minimum absolute atomic E-state index is 0.0485. The fourth-order valence-electron chi connectivity index (χ4n) is 4.20. The summed E-state index contributed by atoms with van der Waals surface area (Å²) < 4.78 is 16.8. The molecule has 182 valence electrons. The number of anilines is 1. The van der Waals surface area contributed by atoms with Crippen LogP contribution in [0.5, 0.6) is 17.2 Å². The second-order valence-electron chi connectivity index (χ2n) is 8.45. The van der Waals surface area contributed by atoms with E-state index in [2.05, 4.69) is 10.3 Å². The van der Waals surface area contributed by atoms with Crippen molar-refractivity contribution in [2.24, 2.45) is 5.92 Å². The molecular weight excluding hydrogens is 466 g/mol. The Balaban J connectivity index is 1.08. The van der Waals surface area contributed by atoms with Crippen molar-refractivity contribution in [3.63, 3.8) is 0 Å². The predicted molar refractivity (Wildman–Crippen MR) is 133 cm³/mol. The van der Waals surface area contributed by atoms with E-state index in [4.69, 9.17) is 14.2 Å². The molecule has 3 aromatic rings. The maximum atomic E-state index is 12.8. The van der Waals surface area contributed by atoms with Gasteiger partial charge in [0.1, 0.15) is 19.0 Å². The number of thiazole rings is 1. The molecule has 2 amide bonds. The molecule has 0 atom stereocenters. The SMILES string of the molecule is O=C(Nc1nc(-c2ccc3c(c2)OCCO3)cs1)C1CCN(C(=O)CCOc2ccccc2)CC1. The Bertz CT molecular complexity index is 1170. The van der Waals surface area contributed by atoms with Crippen molar-refractivity contribution in [1.82, 2.24) is 9.88 Å². The maximum Gasteiger partial charge on any atom is 0.229 e. The van der Waals surface area contributed by atoms with Gasteiger partial charge in [0.15, 0.2) is 16.6 Å². The van der Waals surface area contributed by atoms with Crippen molar-refractivity contribution in [2.45, 2.75) is 19.3 Å². The summed E-state index contributed by atoms with van der Waals surface area (Å²) in [6, 6.07) is 15.2. The first-order valence-corrected chi connectivity index (χ1v) is 12.7. The predicted octanol–water partition coefficient (Wildman–Crippen LogP) is 4.23. The number of hydrogen-bond donors (Lipinski definition) is 1. The molecule has 0 radical (unpaired) electrons. The second-order valence-corrected chi connectivity index (χ2v) is 9.31. The van der Waals surface area contributed by atoms with Crippen LogP contribution in [0.4, 0.5) is 5.13 Å². The lowest BCUT2D eigenvalue weighted by Crippen LogP contribution is -2.41. The standard InChI is InChI=1S/C26H27N3O5S/c30-24(10-13-32-20-4-2-1-3-5-20)29-11-8-18(9-12-29)25(31)28-26-27-21(17-35-26)19-6-7-22-23(16-19)34-15-14-33-22/h1-7,16-18H,8-15H2,(H,27,28,31). The van der Waals surface area contributed by atoms with Crippen molar-refractivity contribution in [1.29, 1.82) is 0 Å². The summed E-state index contributed by atoms with van der Waals surface area (Å²) in [6.45, 7) is 2.57. The average Bonchev–Trinajstić information content (AvgIpc) is 3.37. The summed E-state index contributed by atoms with van der Waals surface area (Å²) in [5, 5.41) is 5.43. The van der Waals surface area contributed by atoms with Crippen LogP contribution in [0, 0.1) is 5.92 Å². The van der Waals surface area contributed by atoms with Crippen LogP contribution in [0.1, 0.15) is 19.3 Å². The van der Waals surface area contributed by atoms with Crippen LogP contribution in [-0.4, -0.2) is 54.6 Å². The number of amides is 2. The van der Waals surface area contributed by atoms with E-state index in [1.54, 1.807) is 0 Å². The third-order valence-electron chi connectivity index (χ3n) is 6.12. The number of rotatable bonds is 7. The number of para-hydroxylation sites is 1. The lowest BCUT2D eigenvalue weighted by atomic mass is 9.96. The zero-order valence-electron chi connectivity index (χ0n) is 19.3. The molecular formula is C26H27N3O5S. The number of fused-ring (bicyclic) bond motifs is 1. The molecule has 3 heterocycles. The molecule has 0 saturated carbocycles. The highest BCUT2D eigenvalue weighted by molar-refractivity contribution is 7.14. The number of ether oxygens (including phenoxy) is 3. The van der Waals surface area contributed by atoms with E-state index in [9.17, 15) is 9.59 Å². The fraction of sp³-hybridized carbons (Fsp3) is 0.346. The molecule has 0 bridgehead atoms. The topological polar surface area (TPSA) is 90.0 Å². The molecule has 5 rings (SSSR count). The average molecular weight is 494 g/mol. The number of hydrogen-bond acceptors (Lipinski definition) is 7. The van der Waals surface area contributed by atoms with Crippen LogP contribution >= 0.6 is 11.3 Å². The van der Waals surface area contributed by atoms with Crippen molar-refractivity contribution in [3.8, 4) is 28.5 Å². The molecule has 35 heavy (non-hydrogen) atoms. The first-order valence-electron chi connectivity index (χ1n) is 11.8. The third-order valence-corrected chi connectivity index (χ3v) is 6.88. The Kier molecular flexibility index (Phi) is 7.13. The second kappa shape index (κ2) is 10.8. The Morgan fingerprint density at radius 3 is 2.63 bits per heavy atom. The molecule has 9 heteroatoms. The van der Waals surface area contributed by atoms with Gasteiger partial charge in [-0.05, 0) is 43.2 Å². The van der Waals surface area contributed by atoms with E-state index in [1.807, 2.05) is 58.8 Å². The van der Waals surface area contributed by atoms with Crippen LogP contribution in [0.3, 0.4) is 0 Å². The lowest BCUT2D eigenvalue weighted by Gasteiger charge is -2.31. The van der Waals surface area contributed by atoms with E-state index in [0.29, 0.717) is 63.1 Å². The highest BCUT2D eigenvalue weighted by Gasteiger charge is 2.28. The Morgan fingerprint density at radius 2 is 1.83 bits per heavy atom. The summed E-state index contributed by atoms with van der Waals surface area (Å²) in [6.07, 6.45) is 1.60. The zero-order valence-corrected chi connectivity index (χ0v) is 20.1. The maximum absolute atomic E-state index is 12.8. The first-order chi connectivity index (χ1) is 17.2. The van der Waals surface area contributed by atoms with E-state index in [0.717, 1.165) is 22.8 Å². The molecule has 2 aliphatic heterocycles. The summed E-state index contributed by atoms with van der Waals surface area (Å²) in [7, 11) is 0. The van der Waals surface area contributed by atoms with Gasteiger partial charge >= 0.3 is 0 Å². The van der Waals surface area contributed by atoms with E-state index in [-0.39, 0.29) is 17.7 Å². The number of carbonyl (C=O) groups is 2. The Hall–Kier alpha value is -3.59. The lowest BCUT2D eigenvalue weighted by molar-refractivity contribution is -0.135. The molecule has 1 N–H and O–H groups in total. The van der Waals surface area contributed by atoms with Crippen LogP contribution in [-0.2, 0) is 9.59 Å². The van der Waals surface area contributed by atoms with Gasteiger partial charge in [-0.2, -0.15) is 0 Å². The van der Waals surface area contributed by atoms with Crippen molar-refractivity contribution in [2.75, 3.05) is 38.2 Å². The Labute approximate surface area is 207 Å². The molecule has 2 aromatic carbocycles.